The van der Waals surface area contributed by atoms with E-state index in [1.807, 2.05) is 29.0 Å². The van der Waals surface area contributed by atoms with Crippen LogP contribution in [0.25, 0.3) is 5.57 Å². The summed E-state index contributed by atoms with van der Waals surface area (Å²) in [5.74, 6) is -1.84. The maximum absolute atomic E-state index is 14.6. The van der Waals surface area contributed by atoms with Gasteiger partial charge >= 0.3 is 0 Å². The third kappa shape index (κ3) is 3.51. The second-order valence-corrected chi connectivity index (χ2v) is 7.44. The number of likely N-dealkylation sites (tertiary alicyclic amines) is 1. The zero-order valence-corrected chi connectivity index (χ0v) is 16.0. The highest BCUT2D eigenvalue weighted by molar-refractivity contribution is 6.26. The first kappa shape index (κ1) is 19.3. The molecule has 1 N–H and O–H groups in total. The molecule has 0 amide bonds. The fraction of sp³-hybridized carbons (Fsp3) is 0.529. The Morgan fingerprint density at radius 2 is 1.65 bits per heavy atom. The Bertz CT molecular complexity index is 699. The van der Waals surface area contributed by atoms with Gasteiger partial charge < -0.3 is 4.90 Å². The van der Waals surface area contributed by atoms with Crippen molar-refractivity contribution in [1.29, 1.82) is 0 Å². The number of nitrogens with zero attached hydrogens (tertiary/aromatic N) is 4. The molecular weight excluding hydrogens is 367 g/mol. The standard InChI is InChI=1S/C17H23ClF3N5/c1-10-7-26(8-10)17-15(14-12(20)5-11(19)6-13(14)21)16(18)22-23(2)9-24(3)25(17)4/h5-6,10,16,22H,7-9H2,1-4H3/b17-15+. The number of halogens is 4. The summed E-state index contributed by atoms with van der Waals surface area (Å²) >= 11 is 6.53. The number of hydrogen-bond donors (Lipinski definition) is 1. The molecule has 1 unspecified atom stereocenters. The third-order valence-electron chi connectivity index (χ3n) is 4.70. The second-order valence-electron chi connectivity index (χ2n) is 7.00. The summed E-state index contributed by atoms with van der Waals surface area (Å²) in [5.41, 5.74) is 2.05. The van der Waals surface area contributed by atoms with E-state index in [2.05, 4.69) is 12.3 Å². The lowest BCUT2D eigenvalue weighted by Crippen LogP contribution is -2.57. The average molecular weight is 390 g/mol. The van der Waals surface area contributed by atoms with Gasteiger partial charge in [0.25, 0.3) is 0 Å². The smallest absolute Gasteiger partial charge is 0.136 e. The maximum atomic E-state index is 14.6. The molecule has 2 aliphatic heterocycles. The SMILES string of the molecule is CC1CN(/C2=C(\c3c(F)cc(F)cc3F)C(Cl)NN(C)CN(C)N2C)C1. The molecule has 1 fully saturated rings. The highest BCUT2D eigenvalue weighted by atomic mass is 35.5. The van der Waals surface area contributed by atoms with Gasteiger partial charge in [-0.05, 0) is 5.92 Å². The summed E-state index contributed by atoms with van der Waals surface area (Å²) in [6.07, 6.45) is 0. The predicted molar refractivity (Wildman–Crippen MR) is 94.9 cm³/mol. The van der Waals surface area contributed by atoms with Crippen molar-refractivity contribution in [2.45, 2.75) is 12.4 Å². The van der Waals surface area contributed by atoms with E-state index in [4.69, 9.17) is 11.6 Å². The first-order chi connectivity index (χ1) is 12.2. The van der Waals surface area contributed by atoms with E-state index in [1.54, 1.807) is 12.1 Å². The van der Waals surface area contributed by atoms with Crippen molar-refractivity contribution in [1.82, 2.24) is 25.4 Å². The molecule has 26 heavy (non-hydrogen) atoms. The van der Waals surface area contributed by atoms with Gasteiger partial charge in [-0.15, -0.1) is 0 Å². The molecule has 144 valence electrons. The topological polar surface area (TPSA) is 25.0 Å². The Kier molecular flexibility index (Phi) is 5.39. The van der Waals surface area contributed by atoms with Gasteiger partial charge in [0.05, 0.1) is 12.2 Å². The van der Waals surface area contributed by atoms with Crippen LogP contribution in [0.3, 0.4) is 0 Å². The number of nitrogens with one attached hydrogen (secondary N) is 1. The van der Waals surface area contributed by atoms with Crippen LogP contribution in [-0.4, -0.2) is 66.3 Å². The molecule has 0 aliphatic carbocycles. The van der Waals surface area contributed by atoms with Gasteiger partial charge in [-0.25, -0.2) is 28.6 Å². The molecule has 5 nitrogen and oxygen atoms in total. The van der Waals surface area contributed by atoms with Crippen molar-refractivity contribution in [2.75, 3.05) is 40.9 Å². The van der Waals surface area contributed by atoms with Gasteiger partial charge in [-0.1, -0.05) is 18.5 Å². The molecule has 2 aliphatic rings. The molecule has 0 bridgehead atoms. The van der Waals surface area contributed by atoms with Gasteiger partial charge in [0.1, 0.15) is 28.8 Å². The second kappa shape index (κ2) is 7.26. The van der Waals surface area contributed by atoms with Crippen LogP contribution in [0.15, 0.2) is 18.0 Å². The van der Waals surface area contributed by atoms with E-state index in [0.717, 1.165) is 13.1 Å². The summed E-state index contributed by atoms with van der Waals surface area (Å²) in [4.78, 5) is 2.03. The van der Waals surface area contributed by atoms with Crippen LogP contribution >= 0.6 is 11.6 Å². The first-order valence-electron chi connectivity index (χ1n) is 8.39. The molecule has 3 rings (SSSR count). The fourth-order valence-corrected chi connectivity index (χ4v) is 3.81. The van der Waals surface area contributed by atoms with Crippen LogP contribution in [0.2, 0.25) is 0 Å². The largest absolute Gasteiger partial charge is 0.356 e. The molecule has 1 saturated heterocycles. The molecule has 0 aromatic heterocycles. The predicted octanol–water partition coefficient (Wildman–Crippen LogP) is 2.48. The number of rotatable bonds is 2. The molecule has 0 spiro atoms. The van der Waals surface area contributed by atoms with Crippen LogP contribution in [-0.2, 0) is 0 Å². The van der Waals surface area contributed by atoms with Gasteiger partial charge in [-0.2, -0.15) is 0 Å². The van der Waals surface area contributed by atoms with Crippen molar-refractivity contribution >= 4 is 17.2 Å². The van der Waals surface area contributed by atoms with Crippen molar-refractivity contribution in [3.05, 3.63) is 41.0 Å². The number of hydrazine groups is 2. The first-order valence-corrected chi connectivity index (χ1v) is 8.82. The van der Waals surface area contributed by atoms with Crippen molar-refractivity contribution < 1.29 is 13.2 Å². The molecule has 2 heterocycles. The van der Waals surface area contributed by atoms with Crippen molar-refractivity contribution in [3.8, 4) is 0 Å². The summed E-state index contributed by atoms with van der Waals surface area (Å²) < 4.78 is 42.6. The van der Waals surface area contributed by atoms with Crippen LogP contribution in [0.5, 0.6) is 0 Å². The van der Waals surface area contributed by atoms with Gasteiger partial charge in [-0.3, -0.25) is 5.01 Å². The van der Waals surface area contributed by atoms with E-state index >= 15 is 0 Å². The van der Waals surface area contributed by atoms with Crippen molar-refractivity contribution in [3.63, 3.8) is 0 Å². The minimum atomic E-state index is -0.977. The number of alkyl halides is 1. The summed E-state index contributed by atoms with van der Waals surface area (Å²) in [7, 11) is 5.47. The molecule has 1 aromatic rings. The van der Waals surface area contributed by atoms with Crippen LogP contribution in [0.1, 0.15) is 12.5 Å². The van der Waals surface area contributed by atoms with E-state index in [0.29, 0.717) is 30.5 Å². The van der Waals surface area contributed by atoms with E-state index in [9.17, 15) is 13.2 Å². The van der Waals surface area contributed by atoms with E-state index in [1.165, 1.54) is 0 Å². The lowest BCUT2D eigenvalue weighted by molar-refractivity contribution is -0.0442. The Labute approximate surface area is 156 Å². The van der Waals surface area contributed by atoms with E-state index in [-0.39, 0.29) is 11.1 Å². The van der Waals surface area contributed by atoms with Crippen LogP contribution < -0.4 is 5.43 Å². The molecule has 1 atom stereocenters. The molecule has 0 saturated carbocycles. The van der Waals surface area contributed by atoms with Crippen LogP contribution in [0.4, 0.5) is 13.2 Å². The minimum Gasteiger partial charge on any atom is -0.356 e. The quantitative estimate of drug-likeness (QED) is 0.619. The van der Waals surface area contributed by atoms with Gasteiger partial charge in [0.2, 0.25) is 0 Å². The Balaban J connectivity index is 2.23. The summed E-state index contributed by atoms with van der Waals surface area (Å²) in [5, 5.41) is 5.45. The lowest BCUT2D eigenvalue weighted by Gasteiger charge is -2.49. The zero-order valence-electron chi connectivity index (χ0n) is 15.2. The highest BCUT2D eigenvalue weighted by Crippen LogP contribution is 2.36. The zero-order chi connectivity index (χ0) is 19.2. The fourth-order valence-electron chi connectivity index (χ4n) is 3.44. The highest BCUT2D eigenvalue weighted by Gasteiger charge is 2.36. The molecule has 1 aromatic carbocycles. The number of hydrogen-bond acceptors (Lipinski definition) is 5. The Hall–Kier alpha value is -1.48. The van der Waals surface area contributed by atoms with Crippen molar-refractivity contribution in [2.24, 2.45) is 5.92 Å². The molecule has 0 radical (unpaired) electrons. The van der Waals surface area contributed by atoms with E-state index < -0.39 is 23.0 Å². The minimum absolute atomic E-state index is 0.245. The van der Waals surface area contributed by atoms with Gasteiger partial charge in [0.15, 0.2) is 0 Å². The average Bonchev–Trinajstić information content (AvgIpc) is 2.49. The maximum Gasteiger partial charge on any atom is 0.136 e. The summed E-state index contributed by atoms with van der Waals surface area (Å²) in [6, 6.07) is 1.36. The third-order valence-corrected chi connectivity index (χ3v) is 5.02. The summed E-state index contributed by atoms with van der Waals surface area (Å²) in [6.45, 7) is 4.11. The van der Waals surface area contributed by atoms with Gasteiger partial charge in [0, 0.05) is 51.9 Å². The normalized spacial score (nSPS) is 26.7. The molecular formula is C17H23ClF3N5. The monoisotopic (exact) mass is 389 g/mol. The lowest BCUT2D eigenvalue weighted by atomic mass is 9.98. The Morgan fingerprint density at radius 3 is 2.19 bits per heavy atom. The Morgan fingerprint density at radius 1 is 1.08 bits per heavy atom. The molecule has 9 heteroatoms. The number of benzene rings is 1. The van der Waals surface area contributed by atoms with Crippen LogP contribution in [0, 0.1) is 23.4 Å².